The monoisotopic (exact) mass is 517 g/mol. The highest BCUT2D eigenvalue weighted by molar-refractivity contribution is 6.07. The number of aromatic nitrogens is 3. The Bertz CT molecular complexity index is 1240. The molecule has 0 atom stereocenters. The lowest BCUT2D eigenvalue weighted by atomic mass is 10.00. The number of para-hydroxylation sites is 1. The van der Waals surface area contributed by atoms with Gasteiger partial charge in [-0.1, -0.05) is 25.1 Å². The molecule has 0 saturated carbocycles. The zero-order valence-electron chi connectivity index (χ0n) is 19.9. The molecule has 0 spiro atoms. The Hall–Kier alpha value is -2.74. The Morgan fingerprint density at radius 1 is 1.09 bits per heavy atom. The second kappa shape index (κ2) is 12.3. The minimum atomic E-state index is 0. The predicted octanol–water partition coefficient (Wildman–Crippen LogP) is 5.49. The second-order valence-electron chi connectivity index (χ2n) is 8.56. The highest BCUT2D eigenvalue weighted by atomic mass is 35.5. The van der Waals surface area contributed by atoms with E-state index in [9.17, 15) is 0 Å². The van der Waals surface area contributed by atoms with Crippen LogP contribution in [-0.4, -0.2) is 40.9 Å². The zero-order valence-corrected chi connectivity index (χ0v) is 21.5. The van der Waals surface area contributed by atoms with Crippen LogP contribution < -0.4 is 15.8 Å². The van der Waals surface area contributed by atoms with Gasteiger partial charge >= 0.3 is 0 Å². The maximum atomic E-state index is 6.37. The number of aryl methyl sites for hydroxylation is 1. The number of nitrogens with one attached hydrogen (secondary N) is 1. The fraction of sp³-hybridized carbons (Fsp3) is 0.385. The van der Waals surface area contributed by atoms with E-state index in [1.807, 2.05) is 42.5 Å². The van der Waals surface area contributed by atoms with Gasteiger partial charge in [0, 0.05) is 49.9 Å². The summed E-state index contributed by atoms with van der Waals surface area (Å²) in [4.78, 5) is 9.53. The van der Waals surface area contributed by atoms with Crippen molar-refractivity contribution in [2.45, 2.75) is 32.7 Å². The van der Waals surface area contributed by atoms with Crippen LogP contribution in [0, 0.1) is 5.92 Å². The summed E-state index contributed by atoms with van der Waals surface area (Å²) in [6.07, 6.45) is 3.01. The molecule has 35 heavy (non-hydrogen) atoms. The van der Waals surface area contributed by atoms with Gasteiger partial charge in [-0.3, -0.25) is 0 Å². The Morgan fingerprint density at radius 3 is 2.60 bits per heavy atom. The molecule has 2 aromatic carbocycles. The van der Waals surface area contributed by atoms with Crippen molar-refractivity contribution >= 4 is 58.3 Å². The number of ether oxygens (including phenoxy) is 2. The molecule has 3 heterocycles. The van der Waals surface area contributed by atoms with E-state index in [4.69, 9.17) is 20.2 Å². The molecule has 0 radical (unpaired) electrons. The van der Waals surface area contributed by atoms with Crippen LogP contribution in [0.4, 0.5) is 11.5 Å². The number of nitrogen functional groups attached to an aromatic ring is 1. The van der Waals surface area contributed by atoms with Gasteiger partial charge < -0.3 is 25.1 Å². The van der Waals surface area contributed by atoms with Gasteiger partial charge in [-0.2, -0.15) is 0 Å². The molecule has 1 fully saturated rings. The lowest BCUT2D eigenvalue weighted by Gasteiger charge is -2.23. The summed E-state index contributed by atoms with van der Waals surface area (Å²) in [6, 6.07) is 16.2. The van der Waals surface area contributed by atoms with E-state index in [1.165, 1.54) is 0 Å². The normalized spacial score (nSPS) is 13.9. The second-order valence-corrected chi connectivity index (χ2v) is 8.56. The summed E-state index contributed by atoms with van der Waals surface area (Å²) in [5, 5.41) is 4.42. The lowest BCUT2D eigenvalue weighted by molar-refractivity contribution is 0.0614. The number of benzene rings is 2. The summed E-state index contributed by atoms with van der Waals surface area (Å²) >= 11 is 0. The molecule has 4 aromatic rings. The van der Waals surface area contributed by atoms with Crippen LogP contribution in [0.2, 0.25) is 0 Å². The first-order valence-corrected chi connectivity index (χ1v) is 11.8. The molecule has 2 aromatic heterocycles. The molecule has 3 N–H and O–H groups in total. The molecule has 0 amide bonds. The maximum absolute atomic E-state index is 6.37. The molecule has 188 valence electrons. The number of nitrogens with two attached hydrogens (primary N) is 1. The Labute approximate surface area is 218 Å². The Kier molecular flexibility index (Phi) is 9.43. The van der Waals surface area contributed by atoms with Crippen LogP contribution in [0.1, 0.15) is 25.6 Å². The number of halogens is 2. The van der Waals surface area contributed by atoms with Gasteiger partial charge in [-0.25, -0.2) is 9.97 Å². The highest BCUT2D eigenvalue weighted by Gasteiger charge is 2.21. The van der Waals surface area contributed by atoms with Gasteiger partial charge in [-0.15, -0.1) is 24.8 Å². The Morgan fingerprint density at radius 2 is 1.86 bits per heavy atom. The van der Waals surface area contributed by atoms with Crippen LogP contribution in [0.5, 0.6) is 5.75 Å². The van der Waals surface area contributed by atoms with Gasteiger partial charge in [0.25, 0.3) is 0 Å². The summed E-state index contributed by atoms with van der Waals surface area (Å²) in [6.45, 7) is 6.02. The van der Waals surface area contributed by atoms with Crippen LogP contribution >= 0.6 is 24.8 Å². The number of hydrogen-bond acceptors (Lipinski definition) is 6. The highest BCUT2D eigenvalue weighted by Crippen LogP contribution is 2.32. The number of imidazole rings is 1. The van der Waals surface area contributed by atoms with Crippen LogP contribution in [0.25, 0.3) is 21.9 Å². The molecule has 1 saturated heterocycles. The molecule has 0 unspecified atom stereocenters. The SMILES string of the molecule is CCc1nc2c(N)nc3cc(OCCNc4ccccc4)ccc3c2n1CC1CCOCC1.Cl.Cl. The van der Waals surface area contributed by atoms with Gasteiger partial charge in [0.1, 0.15) is 23.7 Å². The first-order valence-electron chi connectivity index (χ1n) is 11.8. The van der Waals surface area contributed by atoms with E-state index in [0.717, 1.165) is 78.2 Å². The fourth-order valence-corrected chi connectivity index (χ4v) is 4.60. The number of fused-ring (bicyclic) bond motifs is 3. The molecule has 9 heteroatoms. The lowest BCUT2D eigenvalue weighted by Crippen LogP contribution is -2.21. The number of hydrogen-bond donors (Lipinski definition) is 2. The number of pyridine rings is 1. The zero-order chi connectivity index (χ0) is 22.6. The van der Waals surface area contributed by atoms with Crippen molar-refractivity contribution in [3.63, 3.8) is 0 Å². The molecular weight excluding hydrogens is 485 g/mol. The first-order chi connectivity index (χ1) is 16.2. The third kappa shape index (κ3) is 5.92. The van der Waals surface area contributed by atoms with Crippen molar-refractivity contribution in [3.05, 3.63) is 54.4 Å². The van der Waals surface area contributed by atoms with Gasteiger partial charge in [0.2, 0.25) is 0 Å². The minimum Gasteiger partial charge on any atom is -0.492 e. The summed E-state index contributed by atoms with van der Waals surface area (Å²) in [7, 11) is 0. The number of rotatable bonds is 8. The molecule has 1 aliphatic rings. The van der Waals surface area contributed by atoms with E-state index in [0.29, 0.717) is 24.9 Å². The molecule has 1 aliphatic heterocycles. The van der Waals surface area contributed by atoms with E-state index in [1.54, 1.807) is 0 Å². The topological polar surface area (TPSA) is 87.2 Å². The van der Waals surface area contributed by atoms with Crippen molar-refractivity contribution in [1.82, 2.24) is 14.5 Å². The third-order valence-electron chi connectivity index (χ3n) is 6.33. The quantitative estimate of drug-likeness (QED) is 0.300. The largest absolute Gasteiger partial charge is 0.492 e. The van der Waals surface area contributed by atoms with Crippen LogP contribution in [-0.2, 0) is 17.7 Å². The molecule has 0 aliphatic carbocycles. The maximum Gasteiger partial charge on any atom is 0.152 e. The first kappa shape index (κ1) is 26.9. The number of nitrogens with zero attached hydrogens (tertiary/aromatic N) is 3. The molecule has 0 bridgehead atoms. The smallest absolute Gasteiger partial charge is 0.152 e. The number of anilines is 2. The van der Waals surface area contributed by atoms with Crippen molar-refractivity contribution in [2.24, 2.45) is 5.92 Å². The van der Waals surface area contributed by atoms with E-state index in [2.05, 4.69) is 27.9 Å². The molecule has 7 nitrogen and oxygen atoms in total. The standard InChI is InChI=1S/C26H31N5O2.2ClH/c1-2-23-30-24-25(31(23)17-18-10-13-32-14-11-18)21-9-8-20(16-22(21)29-26(24)27)33-15-12-28-19-6-4-3-5-7-19;;/h3-9,16,18,28H,2,10-15,17H2,1H3,(H2,27,29);2*1H. The third-order valence-corrected chi connectivity index (χ3v) is 6.33. The van der Waals surface area contributed by atoms with Crippen molar-refractivity contribution < 1.29 is 9.47 Å². The summed E-state index contributed by atoms with van der Waals surface area (Å²) in [5.41, 5.74) is 10.2. The van der Waals surface area contributed by atoms with Crippen LogP contribution in [0.3, 0.4) is 0 Å². The van der Waals surface area contributed by atoms with E-state index >= 15 is 0 Å². The molecular formula is C26H33Cl2N5O2. The fourth-order valence-electron chi connectivity index (χ4n) is 4.60. The van der Waals surface area contributed by atoms with Crippen LogP contribution in [0.15, 0.2) is 48.5 Å². The Balaban J connectivity index is 0.00000171. The minimum absolute atomic E-state index is 0. The van der Waals surface area contributed by atoms with Crippen molar-refractivity contribution in [1.29, 1.82) is 0 Å². The van der Waals surface area contributed by atoms with Crippen molar-refractivity contribution in [3.8, 4) is 5.75 Å². The van der Waals surface area contributed by atoms with E-state index in [-0.39, 0.29) is 24.8 Å². The average Bonchev–Trinajstić information content (AvgIpc) is 3.22. The summed E-state index contributed by atoms with van der Waals surface area (Å²) < 4.78 is 13.9. The molecule has 5 rings (SSSR count). The predicted molar refractivity (Wildman–Crippen MR) is 147 cm³/mol. The average molecular weight is 518 g/mol. The van der Waals surface area contributed by atoms with Gasteiger partial charge in [0.05, 0.1) is 11.0 Å². The summed E-state index contributed by atoms with van der Waals surface area (Å²) in [5.74, 6) is 2.91. The van der Waals surface area contributed by atoms with Crippen molar-refractivity contribution in [2.75, 3.05) is 37.4 Å². The van der Waals surface area contributed by atoms with E-state index < -0.39 is 0 Å². The van der Waals surface area contributed by atoms with Gasteiger partial charge in [0.15, 0.2) is 5.82 Å². The van der Waals surface area contributed by atoms with Gasteiger partial charge in [-0.05, 0) is 43.0 Å².